The highest BCUT2D eigenvalue weighted by molar-refractivity contribution is 5.69. The monoisotopic (exact) mass is 239 g/mol. The van der Waals surface area contributed by atoms with E-state index >= 15 is 0 Å². The van der Waals surface area contributed by atoms with Crippen LogP contribution in [0.3, 0.4) is 0 Å². The second-order valence-electron chi connectivity index (χ2n) is 3.57. The minimum absolute atomic E-state index is 0.155. The van der Waals surface area contributed by atoms with Crippen molar-refractivity contribution in [1.82, 2.24) is 5.01 Å². The summed E-state index contributed by atoms with van der Waals surface area (Å²) in [4.78, 5) is 10.4. The van der Waals surface area contributed by atoms with Crippen LogP contribution in [0.1, 0.15) is 12.0 Å². The standard InChI is InChI=1S/C11H14FN3O2/c12-9-3-1-8(2-4-9)6-15(14)7-10(13)5-11(16)17/h1-4,7H,5-6,13-14H2,(H,16,17)/b10-7-. The molecule has 0 saturated heterocycles. The summed E-state index contributed by atoms with van der Waals surface area (Å²) in [5, 5.41) is 9.75. The van der Waals surface area contributed by atoms with Gasteiger partial charge in [0, 0.05) is 11.9 Å². The Bertz CT molecular complexity index is 417. The molecule has 0 fully saturated rings. The Balaban J connectivity index is 2.57. The minimum atomic E-state index is -1.02. The fourth-order valence-electron chi connectivity index (χ4n) is 1.28. The van der Waals surface area contributed by atoms with E-state index in [-0.39, 0.29) is 17.9 Å². The van der Waals surface area contributed by atoms with E-state index < -0.39 is 5.97 Å². The lowest BCUT2D eigenvalue weighted by atomic mass is 10.2. The quantitative estimate of drug-likeness (QED) is 0.521. The third-order valence-corrected chi connectivity index (χ3v) is 1.97. The molecule has 0 aromatic heterocycles. The summed E-state index contributed by atoms with van der Waals surface area (Å²) in [6.07, 6.45) is 1.08. The first-order chi connectivity index (χ1) is 7.97. The van der Waals surface area contributed by atoms with Crippen molar-refractivity contribution < 1.29 is 14.3 Å². The molecule has 6 heteroatoms. The summed E-state index contributed by atoms with van der Waals surface area (Å²) in [7, 11) is 0. The molecule has 0 heterocycles. The van der Waals surface area contributed by atoms with Gasteiger partial charge in [0.1, 0.15) is 5.82 Å². The Morgan fingerprint density at radius 2 is 2.00 bits per heavy atom. The maximum absolute atomic E-state index is 12.6. The van der Waals surface area contributed by atoms with Gasteiger partial charge in [-0.1, -0.05) is 12.1 Å². The summed E-state index contributed by atoms with van der Waals surface area (Å²) in [5.74, 6) is 4.27. The number of hydrazine groups is 1. The number of rotatable bonds is 5. The number of halogens is 1. The zero-order chi connectivity index (χ0) is 12.8. The molecule has 5 N–H and O–H groups in total. The van der Waals surface area contributed by atoms with Crippen LogP contribution in [0, 0.1) is 5.82 Å². The number of benzene rings is 1. The van der Waals surface area contributed by atoms with E-state index in [4.69, 9.17) is 16.7 Å². The molecule has 0 radical (unpaired) electrons. The van der Waals surface area contributed by atoms with Crippen LogP contribution in [0.2, 0.25) is 0 Å². The molecule has 0 aliphatic heterocycles. The lowest BCUT2D eigenvalue weighted by Crippen LogP contribution is -2.26. The summed E-state index contributed by atoms with van der Waals surface area (Å²) in [5.41, 5.74) is 6.41. The van der Waals surface area contributed by atoms with Gasteiger partial charge in [-0.05, 0) is 17.7 Å². The topological polar surface area (TPSA) is 92.6 Å². The molecule has 5 nitrogen and oxygen atoms in total. The van der Waals surface area contributed by atoms with Crippen LogP contribution in [0.15, 0.2) is 36.2 Å². The second kappa shape index (κ2) is 5.86. The number of nitrogens with zero attached hydrogens (tertiary/aromatic N) is 1. The van der Waals surface area contributed by atoms with Gasteiger partial charge >= 0.3 is 5.97 Å². The number of carboxylic acids is 1. The van der Waals surface area contributed by atoms with Crippen molar-refractivity contribution in [2.24, 2.45) is 11.6 Å². The maximum atomic E-state index is 12.6. The van der Waals surface area contributed by atoms with E-state index in [0.29, 0.717) is 6.54 Å². The van der Waals surface area contributed by atoms with Crippen LogP contribution in [0.4, 0.5) is 4.39 Å². The van der Waals surface area contributed by atoms with Gasteiger partial charge in [0.15, 0.2) is 0 Å². The Kier molecular flexibility index (Phi) is 4.47. The third-order valence-electron chi connectivity index (χ3n) is 1.97. The number of hydrogen-bond acceptors (Lipinski definition) is 4. The number of carbonyl (C=O) groups is 1. The van der Waals surface area contributed by atoms with Crippen LogP contribution >= 0.6 is 0 Å². The second-order valence-corrected chi connectivity index (χ2v) is 3.57. The van der Waals surface area contributed by atoms with Crippen molar-refractivity contribution in [2.75, 3.05) is 0 Å². The minimum Gasteiger partial charge on any atom is -0.481 e. The molecule has 1 aromatic carbocycles. The van der Waals surface area contributed by atoms with Crippen molar-refractivity contribution in [3.63, 3.8) is 0 Å². The fourth-order valence-corrected chi connectivity index (χ4v) is 1.28. The summed E-state index contributed by atoms with van der Waals surface area (Å²) < 4.78 is 12.6. The van der Waals surface area contributed by atoms with Gasteiger partial charge in [0.2, 0.25) is 0 Å². The Morgan fingerprint density at radius 3 is 2.53 bits per heavy atom. The highest BCUT2D eigenvalue weighted by Crippen LogP contribution is 2.05. The number of nitrogens with two attached hydrogens (primary N) is 2. The van der Waals surface area contributed by atoms with Crippen molar-refractivity contribution in [3.05, 3.63) is 47.5 Å². The molecule has 0 atom stereocenters. The molecule has 0 unspecified atom stereocenters. The third kappa shape index (κ3) is 4.98. The van der Waals surface area contributed by atoms with Gasteiger partial charge in [-0.3, -0.25) is 4.79 Å². The summed E-state index contributed by atoms with van der Waals surface area (Å²) in [6.45, 7) is 0.320. The maximum Gasteiger partial charge on any atom is 0.309 e. The van der Waals surface area contributed by atoms with Crippen LogP contribution in [0.25, 0.3) is 0 Å². The van der Waals surface area contributed by atoms with E-state index in [1.807, 2.05) is 0 Å². The molecule has 1 aromatic rings. The van der Waals surface area contributed by atoms with Gasteiger partial charge in [0.25, 0.3) is 0 Å². The largest absolute Gasteiger partial charge is 0.481 e. The van der Waals surface area contributed by atoms with E-state index in [9.17, 15) is 9.18 Å². The molecular weight excluding hydrogens is 225 g/mol. The van der Waals surface area contributed by atoms with E-state index in [1.165, 1.54) is 23.3 Å². The molecule has 92 valence electrons. The number of aliphatic carboxylic acids is 1. The lowest BCUT2D eigenvalue weighted by Gasteiger charge is -2.14. The van der Waals surface area contributed by atoms with Gasteiger partial charge in [0.05, 0.1) is 13.0 Å². The van der Waals surface area contributed by atoms with Crippen molar-refractivity contribution in [3.8, 4) is 0 Å². The molecule has 0 saturated carbocycles. The molecule has 0 bridgehead atoms. The number of carboxylic acid groups (broad SMARTS) is 1. The summed E-state index contributed by atoms with van der Waals surface area (Å²) >= 11 is 0. The average molecular weight is 239 g/mol. The predicted molar refractivity (Wildman–Crippen MR) is 60.7 cm³/mol. The SMILES string of the molecule is N/C(=C\N(N)Cc1ccc(F)cc1)CC(=O)O. The highest BCUT2D eigenvalue weighted by Gasteiger charge is 2.02. The molecule has 0 aliphatic carbocycles. The molecule has 0 aliphatic rings. The lowest BCUT2D eigenvalue weighted by molar-refractivity contribution is -0.136. The first-order valence-electron chi connectivity index (χ1n) is 4.91. The van der Waals surface area contributed by atoms with Crippen LogP contribution in [0.5, 0.6) is 0 Å². The van der Waals surface area contributed by atoms with Crippen molar-refractivity contribution in [1.29, 1.82) is 0 Å². The Morgan fingerprint density at radius 1 is 1.41 bits per heavy atom. The van der Waals surface area contributed by atoms with Gasteiger partial charge < -0.3 is 15.8 Å². The normalized spacial score (nSPS) is 11.3. The van der Waals surface area contributed by atoms with Gasteiger partial charge in [-0.2, -0.15) is 0 Å². The zero-order valence-corrected chi connectivity index (χ0v) is 9.14. The Labute approximate surface area is 98.1 Å². The highest BCUT2D eigenvalue weighted by atomic mass is 19.1. The molecular formula is C11H14FN3O2. The van der Waals surface area contributed by atoms with E-state index in [1.54, 1.807) is 12.1 Å². The van der Waals surface area contributed by atoms with E-state index in [2.05, 4.69) is 0 Å². The molecule has 17 heavy (non-hydrogen) atoms. The fraction of sp³-hybridized carbons (Fsp3) is 0.182. The average Bonchev–Trinajstić information content (AvgIpc) is 2.19. The molecule has 1 rings (SSSR count). The van der Waals surface area contributed by atoms with Crippen LogP contribution < -0.4 is 11.6 Å². The Hall–Kier alpha value is -2.08. The zero-order valence-electron chi connectivity index (χ0n) is 9.14. The number of hydrogen-bond donors (Lipinski definition) is 3. The van der Waals surface area contributed by atoms with E-state index in [0.717, 1.165) is 5.56 Å². The molecule has 0 amide bonds. The van der Waals surface area contributed by atoms with Crippen LogP contribution in [-0.4, -0.2) is 16.1 Å². The van der Waals surface area contributed by atoms with Crippen LogP contribution in [-0.2, 0) is 11.3 Å². The smallest absolute Gasteiger partial charge is 0.309 e. The first kappa shape index (κ1) is 13.0. The van der Waals surface area contributed by atoms with Gasteiger partial charge in [-0.15, -0.1) is 0 Å². The molecule has 0 spiro atoms. The summed E-state index contributed by atoms with van der Waals surface area (Å²) in [6, 6.07) is 5.84. The van der Waals surface area contributed by atoms with Crippen molar-refractivity contribution in [2.45, 2.75) is 13.0 Å². The van der Waals surface area contributed by atoms with Gasteiger partial charge in [-0.25, -0.2) is 10.2 Å². The predicted octanol–water partition coefficient (Wildman–Crippen LogP) is 0.776. The first-order valence-corrected chi connectivity index (χ1v) is 4.91. The van der Waals surface area contributed by atoms with Crippen molar-refractivity contribution >= 4 is 5.97 Å².